The fraction of sp³-hybridized carbons (Fsp3) is 0.250. The second-order valence-corrected chi connectivity index (χ2v) is 6.37. The first-order valence-corrected chi connectivity index (χ1v) is 8.33. The van der Waals surface area contributed by atoms with Gasteiger partial charge in [-0.05, 0) is 37.1 Å². The van der Waals surface area contributed by atoms with Gasteiger partial charge in [-0.25, -0.2) is 8.42 Å². The van der Waals surface area contributed by atoms with Crippen LogP contribution in [0.3, 0.4) is 0 Å². The summed E-state index contributed by atoms with van der Waals surface area (Å²) in [5.41, 5.74) is 1.16. The van der Waals surface area contributed by atoms with Crippen LogP contribution in [0.5, 0.6) is 5.75 Å². The van der Waals surface area contributed by atoms with Gasteiger partial charge in [0.15, 0.2) is 0 Å². The SMILES string of the molecule is CCCOc1ccccc1NS(=O)(=O)c1ccccc1C. The molecule has 0 bridgehead atoms. The summed E-state index contributed by atoms with van der Waals surface area (Å²) in [6.45, 7) is 4.32. The Morgan fingerprint density at radius 3 is 2.43 bits per heavy atom. The summed E-state index contributed by atoms with van der Waals surface area (Å²) in [6.07, 6.45) is 0.860. The average molecular weight is 305 g/mol. The quantitative estimate of drug-likeness (QED) is 0.887. The lowest BCUT2D eigenvalue weighted by Crippen LogP contribution is -2.15. The van der Waals surface area contributed by atoms with Crippen LogP contribution in [0.25, 0.3) is 0 Å². The van der Waals surface area contributed by atoms with Gasteiger partial charge in [0.05, 0.1) is 17.2 Å². The number of sulfonamides is 1. The molecule has 0 spiro atoms. The van der Waals surface area contributed by atoms with E-state index in [-0.39, 0.29) is 4.90 Å². The van der Waals surface area contributed by atoms with Crippen LogP contribution in [-0.2, 0) is 10.0 Å². The van der Waals surface area contributed by atoms with E-state index in [9.17, 15) is 8.42 Å². The second kappa shape index (κ2) is 6.63. The van der Waals surface area contributed by atoms with E-state index in [2.05, 4.69) is 4.72 Å². The molecule has 0 fully saturated rings. The van der Waals surface area contributed by atoms with E-state index in [4.69, 9.17) is 4.74 Å². The Labute approximate surface area is 125 Å². The standard InChI is InChI=1S/C16H19NO3S/c1-3-12-20-15-10-6-5-9-14(15)17-21(18,19)16-11-7-4-8-13(16)2/h4-11,17H,3,12H2,1-2H3. The highest BCUT2D eigenvalue weighted by molar-refractivity contribution is 7.92. The number of anilines is 1. The summed E-state index contributed by atoms with van der Waals surface area (Å²) in [5, 5.41) is 0. The Morgan fingerprint density at radius 2 is 1.71 bits per heavy atom. The van der Waals surface area contributed by atoms with Gasteiger partial charge in [-0.15, -0.1) is 0 Å². The summed E-state index contributed by atoms with van der Waals surface area (Å²) in [4.78, 5) is 0.273. The molecule has 2 rings (SSSR count). The van der Waals surface area contributed by atoms with Crippen molar-refractivity contribution in [1.82, 2.24) is 0 Å². The minimum Gasteiger partial charge on any atom is -0.491 e. The smallest absolute Gasteiger partial charge is 0.262 e. The van der Waals surface area contributed by atoms with E-state index in [0.717, 1.165) is 6.42 Å². The topological polar surface area (TPSA) is 55.4 Å². The van der Waals surface area contributed by atoms with Gasteiger partial charge in [0.25, 0.3) is 10.0 Å². The largest absolute Gasteiger partial charge is 0.491 e. The van der Waals surface area contributed by atoms with Crippen molar-refractivity contribution in [2.45, 2.75) is 25.2 Å². The predicted octanol–water partition coefficient (Wildman–Crippen LogP) is 3.58. The van der Waals surface area contributed by atoms with E-state index in [1.54, 1.807) is 43.3 Å². The maximum absolute atomic E-state index is 12.5. The van der Waals surface area contributed by atoms with Crippen molar-refractivity contribution >= 4 is 15.7 Å². The van der Waals surface area contributed by atoms with Crippen LogP contribution in [0.15, 0.2) is 53.4 Å². The summed E-state index contributed by atoms with van der Waals surface area (Å²) in [5.74, 6) is 0.538. The lowest BCUT2D eigenvalue weighted by Gasteiger charge is -2.14. The number of para-hydroxylation sites is 2. The average Bonchev–Trinajstić information content (AvgIpc) is 2.46. The molecule has 0 aliphatic carbocycles. The Balaban J connectivity index is 2.31. The molecule has 2 aromatic carbocycles. The molecule has 0 aliphatic rings. The molecular weight excluding hydrogens is 286 g/mol. The number of aryl methyl sites for hydroxylation is 1. The number of hydrogen-bond acceptors (Lipinski definition) is 3. The van der Waals surface area contributed by atoms with Crippen molar-refractivity contribution in [3.8, 4) is 5.75 Å². The molecule has 4 nitrogen and oxygen atoms in total. The van der Waals surface area contributed by atoms with Crippen molar-refractivity contribution in [2.75, 3.05) is 11.3 Å². The van der Waals surface area contributed by atoms with Crippen LogP contribution in [-0.4, -0.2) is 15.0 Å². The molecule has 0 amide bonds. The zero-order chi connectivity index (χ0) is 15.3. The van der Waals surface area contributed by atoms with E-state index in [0.29, 0.717) is 23.6 Å². The van der Waals surface area contributed by atoms with Gasteiger partial charge >= 0.3 is 0 Å². The van der Waals surface area contributed by atoms with Crippen LogP contribution in [0.1, 0.15) is 18.9 Å². The molecule has 0 radical (unpaired) electrons. The van der Waals surface area contributed by atoms with E-state index in [1.165, 1.54) is 0 Å². The van der Waals surface area contributed by atoms with Crippen molar-refractivity contribution in [3.05, 3.63) is 54.1 Å². The highest BCUT2D eigenvalue weighted by atomic mass is 32.2. The first-order chi connectivity index (χ1) is 10.0. The molecule has 0 saturated heterocycles. The maximum atomic E-state index is 12.5. The van der Waals surface area contributed by atoms with Gasteiger partial charge < -0.3 is 4.74 Å². The predicted molar refractivity (Wildman–Crippen MR) is 84.2 cm³/mol. The highest BCUT2D eigenvalue weighted by Crippen LogP contribution is 2.27. The summed E-state index contributed by atoms with van der Waals surface area (Å²) in [7, 11) is -3.62. The first kappa shape index (κ1) is 15.4. The van der Waals surface area contributed by atoms with Crippen LogP contribution in [0, 0.1) is 6.92 Å². The van der Waals surface area contributed by atoms with Crippen molar-refractivity contribution < 1.29 is 13.2 Å². The fourth-order valence-corrected chi connectivity index (χ4v) is 3.26. The zero-order valence-electron chi connectivity index (χ0n) is 12.2. The van der Waals surface area contributed by atoms with Crippen LogP contribution in [0.2, 0.25) is 0 Å². The molecule has 0 aliphatic heterocycles. The normalized spacial score (nSPS) is 11.1. The number of benzene rings is 2. The van der Waals surface area contributed by atoms with Crippen molar-refractivity contribution in [1.29, 1.82) is 0 Å². The van der Waals surface area contributed by atoms with Gasteiger partial charge in [0.2, 0.25) is 0 Å². The lowest BCUT2D eigenvalue weighted by atomic mass is 10.2. The third kappa shape index (κ3) is 3.76. The molecule has 112 valence electrons. The lowest BCUT2D eigenvalue weighted by molar-refractivity contribution is 0.319. The maximum Gasteiger partial charge on any atom is 0.262 e. The summed E-state index contributed by atoms with van der Waals surface area (Å²) < 4.78 is 33.1. The number of hydrogen-bond donors (Lipinski definition) is 1. The van der Waals surface area contributed by atoms with Crippen molar-refractivity contribution in [2.24, 2.45) is 0 Å². The van der Waals surface area contributed by atoms with Gasteiger partial charge in [-0.3, -0.25) is 4.72 Å². The van der Waals surface area contributed by atoms with Gasteiger partial charge in [0, 0.05) is 0 Å². The van der Waals surface area contributed by atoms with Gasteiger partial charge in [-0.1, -0.05) is 37.3 Å². The van der Waals surface area contributed by atoms with Crippen LogP contribution >= 0.6 is 0 Å². The molecular formula is C16H19NO3S. The van der Waals surface area contributed by atoms with E-state index < -0.39 is 10.0 Å². The molecule has 1 N–H and O–H groups in total. The van der Waals surface area contributed by atoms with E-state index >= 15 is 0 Å². The Morgan fingerprint density at radius 1 is 1.05 bits per heavy atom. The summed E-state index contributed by atoms with van der Waals surface area (Å²) >= 11 is 0. The summed E-state index contributed by atoms with van der Waals surface area (Å²) in [6, 6.07) is 13.9. The first-order valence-electron chi connectivity index (χ1n) is 6.85. The second-order valence-electron chi connectivity index (χ2n) is 4.72. The Hall–Kier alpha value is -2.01. The van der Waals surface area contributed by atoms with Crippen LogP contribution in [0.4, 0.5) is 5.69 Å². The number of nitrogens with one attached hydrogen (secondary N) is 1. The highest BCUT2D eigenvalue weighted by Gasteiger charge is 2.18. The molecule has 5 heteroatoms. The molecule has 0 atom stereocenters. The molecule has 21 heavy (non-hydrogen) atoms. The third-order valence-electron chi connectivity index (χ3n) is 2.98. The van der Waals surface area contributed by atoms with Gasteiger partial charge in [-0.2, -0.15) is 0 Å². The Kier molecular flexibility index (Phi) is 4.85. The molecule has 0 unspecified atom stereocenters. The monoisotopic (exact) mass is 305 g/mol. The van der Waals surface area contributed by atoms with Crippen molar-refractivity contribution in [3.63, 3.8) is 0 Å². The Bertz CT molecular complexity index is 711. The molecule has 0 aromatic heterocycles. The fourth-order valence-electron chi connectivity index (χ4n) is 1.95. The van der Waals surface area contributed by atoms with Gasteiger partial charge in [0.1, 0.15) is 5.75 Å². The van der Waals surface area contributed by atoms with Crippen LogP contribution < -0.4 is 9.46 Å². The molecule has 0 saturated carbocycles. The molecule has 0 heterocycles. The number of ether oxygens (including phenoxy) is 1. The third-order valence-corrected chi connectivity index (χ3v) is 4.50. The van der Waals surface area contributed by atoms with E-state index in [1.807, 2.05) is 19.1 Å². The number of rotatable bonds is 6. The molecule has 2 aromatic rings. The minimum absolute atomic E-state index is 0.273. The minimum atomic E-state index is -3.62. The zero-order valence-corrected chi connectivity index (χ0v) is 13.0.